The maximum atomic E-state index is 13.3. The molecule has 5 nitrogen and oxygen atoms in total. The van der Waals surface area contributed by atoms with Crippen molar-refractivity contribution in [3.8, 4) is 0 Å². The number of nitrogens with two attached hydrogens (primary N) is 1. The number of hydrogen-bond acceptors (Lipinski definition) is 3. The van der Waals surface area contributed by atoms with Crippen LogP contribution in [0.3, 0.4) is 0 Å². The fourth-order valence-corrected chi connectivity index (χ4v) is 4.18. The maximum absolute atomic E-state index is 13.3. The lowest BCUT2D eigenvalue weighted by Crippen LogP contribution is -2.52. The maximum Gasteiger partial charge on any atom is 0.252 e. The summed E-state index contributed by atoms with van der Waals surface area (Å²) < 4.78 is 6.20. The van der Waals surface area contributed by atoms with Crippen LogP contribution in [0.5, 0.6) is 0 Å². The molecule has 1 aliphatic heterocycles. The van der Waals surface area contributed by atoms with Crippen molar-refractivity contribution in [2.24, 2.45) is 11.7 Å². The Bertz CT molecular complexity index is 915. The zero-order valence-electron chi connectivity index (χ0n) is 15.8. The molecule has 2 aromatic rings. The lowest BCUT2D eigenvalue weighted by Gasteiger charge is -2.45. The van der Waals surface area contributed by atoms with E-state index in [1.54, 1.807) is 18.2 Å². The van der Waals surface area contributed by atoms with Crippen LogP contribution in [-0.2, 0) is 14.3 Å². The molecule has 1 saturated heterocycles. The van der Waals surface area contributed by atoms with E-state index < -0.39 is 18.1 Å². The third-order valence-corrected chi connectivity index (χ3v) is 5.91. The molecule has 29 heavy (non-hydrogen) atoms. The van der Waals surface area contributed by atoms with Gasteiger partial charge in [-0.05, 0) is 54.2 Å². The minimum absolute atomic E-state index is 0.148. The number of halogens is 2. The molecule has 2 N–H and O–H groups in total. The zero-order chi connectivity index (χ0) is 20.5. The smallest absolute Gasteiger partial charge is 0.252 e. The molecule has 0 spiro atoms. The van der Waals surface area contributed by atoms with Crippen LogP contribution in [-0.4, -0.2) is 29.4 Å². The van der Waals surface area contributed by atoms with Crippen molar-refractivity contribution in [2.45, 2.75) is 37.5 Å². The largest absolute Gasteiger partial charge is 0.370 e. The van der Waals surface area contributed by atoms with Crippen molar-refractivity contribution in [3.63, 3.8) is 0 Å². The van der Waals surface area contributed by atoms with E-state index in [4.69, 9.17) is 33.7 Å². The summed E-state index contributed by atoms with van der Waals surface area (Å²) in [6.07, 6.45) is 0.666. The molecule has 0 bridgehead atoms. The number of nitrogens with zero attached hydrogens (tertiary/aromatic N) is 1. The van der Waals surface area contributed by atoms with Crippen LogP contribution in [0.1, 0.15) is 42.5 Å². The SMILES string of the molecule is NC(=O)C[C@H]1O[C@@H](c2cccc(Cl)c2)[C@H](c2ccc(Cl)cc2)N(CC2CC2)C1=O. The summed E-state index contributed by atoms with van der Waals surface area (Å²) >= 11 is 12.3. The Morgan fingerprint density at radius 1 is 1.07 bits per heavy atom. The van der Waals surface area contributed by atoms with Crippen molar-refractivity contribution in [2.75, 3.05) is 6.54 Å². The fourth-order valence-electron chi connectivity index (χ4n) is 3.85. The van der Waals surface area contributed by atoms with Crippen LogP contribution in [0, 0.1) is 5.92 Å². The highest BCUT2D eigenvalue weighted by atomic mass is 35.5. The van der Waals surface area contributed by atoms with Crippen molar-refractivity contribution in [1.82, 2.24) is 4.90 Å². The third-order valence-electron chi connectivity index (χ3n) is 5.42. The Balaban J connectivity index is 1.78. The molecule has 0 radical (unpaired) electrons. The molecule has 0 unspecified atom stereocenters. The van der Waals surface area contributed by atoms with Crippen molar-refractivity contribution < 1.29 is 14.3 Å². The van der Waals surface area contributed by atoms with Crippen LogP contribution in [0.2, 0.25) is 10.0 Å². The van der Waals surface area contributed by atoms with E-state index in [9.17, 15) is 9.59 Å². The van der Waals surface area contributed by atoms with Gasteiger partial charge in [0.2, 0.25) is 5.91 Å². The topological polar surface area (TPSA) is 72.6 Å². The van der Waals surface area contributed by atoms with E-state index in [0.29, 0.717) is 22.5 Å². The normalized spacial score (nSPS) is 24.6. The molecule has 2 aliphatic rings. The molecule has 2 amide bonds. The molecule has 1 heterocycles. The Labute approximate surface area is 179 Å². The number of hydrogen-bond donors (Lipinski definition) is 1. The Kier molecular flexibility index (Phi) is 5.81. The number of amides is 2. The minimum Gasteiger partial charge on any atom is -0.370 e. The number of rotatable bonds is 6. The van der Waals surface area contributed by atoms with E-state index in [-0.39, 0.29) is 18.4 Å². The molecular weight excluding hydrogens is 411 g/mol. The molecule has 4 rings (SSSR count). The number of ether oxygens (including phenoxy) is 1. The summed E-state index contributed by atoms with van der Waals surface area (Å²) in [5.41, 5.74) is 7.16. The first-order chi connectivity index (χ1) is 13.9. The monoisotopic (exact) mass is 432 g/mol. The van der Waals surface area contributed by atoms with Gasteiger partial charge in [-0.1, -0.05) is 47.5 Å². The van der Waals surface area contributed by atoms with E-state index in [1.807, 2.05) is 35.2 Å². The predicted octanol–water partition coefficient (Wildman–Crippen LogP) is 4.29. The molecule has 152 valence electrons. The number of carbonyl (C=O) groups excluding carboxylic acids is 2. The highest BCUT2D eigenvalue weighted by Gasteiger charge is 2.46. The highest BCUT2D eigenvalue weighted by Crippen LogP contribution is 2.45. The van der Waals surface area contributed by atoms with Crippen LogP contribution in [0.25, 0.3) is 0 Å². The number of carbonyl (C=O) groups is 2. The Hall–Kier alpha value is -2.08. The molecule has 2 fully saturated rings. The summed E-state index contributed by atoms with van der Waals surface area (Å²) in [7, 11) is 0. The number of benzene rings is 2. The van der Waals surface area contributed by atoms with Crippen LogP contribution in [0.4, 0.5) is 0 Å². The molecule has 0 aromatic heterocycles. The quantitative estimate of drug-likeness (QED) is 0.739. The molecule has 3 atom stereocenters. The van der Waals surface area contributed by atoms with Gasteiger partial charge in [-0.2, -0.15) is 0 Å². The average Bonchev–Trinajstić information content (AvgIpc) is 3.49. The minimum atomic E-state index is -0.904. The molecular formula is C22H22Cl2N2O3. The molecule has 2 aromatic carbocycles. The van der Waals surface area contributed by atoms with E-state index in [2.05, 4.69) is 0 Å². The second-order valence-corrected chi connectivity index (χ2v) is 8.57. The lowest BCUT2D eigenvalue weighted by molar-refractivity contribution is -0.176. The van der Waals surface area contributed by atoms with E-state index in [1.165, 1.54) is 0 Å². The summed E-state index contributed by atoms with van der Waals surface area (Å²) in [4.78, 5) is 26.7. The Morgan fingerprint density at radius 2 is 1.79 bits per heavy atom. The summed E-state index contributed by atoms with van der Waals surface area (Å²) in [6.45, 7) is 0.627. The summed E-state index contributed by atoms with van der Waals surface area (Å²) in [5, 5.41) is 1.20. The molecule has 1 aliphatic carbocycles. The number of primary amides is 1. The van der Waals surface area contributed by atoms with Gasteiger partial charge >= 0.3 is 0 Å². The molecule has 1 saturated carbocycles. The van der Waals surface area contributed by atoms with Gasteiger partial charge in [0.25, 0.3) is 5.91 Å². The first-order valence-corrected chi connectivity index (χ1v) is 10.4. The van der Waals surface area contributed by atoms with Gasteiger partial charge in [-0.3, -0.25) is 9.59 Å². The zero-order valence-corrected chi connectivity index (χ0v) is 17.3. The Morgan fingerprint density at radius 3 is 2.41 bits per heavy atom. The second-order valence-electron chi connectivity index (χ2n) is 7.70. The summed E-state index contributed by atoms with van der Waals surface area (Å²) in [5.74, 6) is -0.292. The first-order valence-electron chi connectivity index (χ1n) is 9.67. The van der Waals surface area contributed by atoms with Crippen molar-refractivity contribution in [3.05, 3.63) is 69.7 Å². The van der Waals surface area contributed by atoms with Crippen molar-refractivity contribution >= 4 is 35.0 Å². The molecule has 7 heteroatoms. The average molecular weight is 433 g/mol. The van der Waals surface area contributed by atoms with Gasteiger partial charge in [0.05, 0.1) is 12.5 Å². The van der Waals surface area contributed by atoms with Gasteiger partial charge in [0.1, 0.15) is 12.2 Å². The van der Waals surface area contributed by atoms with Gasteiger partial charge in [-0.25, -0.2) is 0 Å². The standard InChI is InChI=1S/C22H22Cl2N2O3/c23-16-8-6-14(7-9-16)20-21(15-2-1-3-17(24)10-15)29-18(11-19(25)27)22(28)26(20)12-13-4-5-13/h1-3,6-10,13,18,20-21H,4-5,11-12H2,(H2,25,27)/t18-,20+,21+/m1/s1. The van der Waals surface area contributed by atoms with Crippen LogP contribution >= 0.6 is 23.2 Å². The van der Waals surface area contributed by atoms with Gasteiger partial charge in [0, 0.05) is 16.6 Å². The predicted molar refractivity (Wildman–Crippen MR) is 112 cm³/mol. The highest BCUT2D eigenvalue weighted by molar-refractivity contribution is 6.30. The lowest BCUT2D eigenvalue weighted by atomic mass is 9.91. The van der Waals surface area contributed by atoms with Gasteiger partial charge in [0.15, 0.2) is 0 Å². The van der Waals surface area contributed by atoms with Gasteiger partial charge < -0.3 is 15.4 Å². The fraction of sp³-hybridized carbons (Fsp3) is 0.364. The number of morpholine rings is 1. The third kappa shape index (κ3) is 4.58. The van der Waals surface area contributed by atoms with Gasteiger partial charge in [-0.15, -0.1) is 0 Å². The van der Waals surface area contributed by atoms with Crippen LogP contribution < -0.4 is 5.73 Å². The van der Waals surface area contributed by atoms with Crippen molar-refractivity contribution in [1.29, 1.82) is 0 Å². The second kappa shape index (κ2) is 8.34. The van der Waals surface area contributed by atoms with Crippen LogP contribution in [0.15, 0.2) is 48.5 Å². The van der Waals surface area contributed by atoms with E-state index in [0.717, 1.165) is 24.0 Å². The van der Waals surface area contributed by atoms with E-state index >= 15 is 0 Å². The first kappa shape index (κ1) is 20.2. The summed E-state index contributed by atoms with van der Waals surface area (Å²) in [6, 6.07) is 14.5.